The summed E-state index contributed by atoms with van der Waals surface area (Å²) in [4.78, 5) is 56.2. The molecule has 11 nitrogen and oxygen atoms in total. The third kappa shape index (κ3) is 6.31. The number of nitrogens with one attached hydrogen (secondary N) is 1. The molecule has 2 fully saturated rings. The summed E-state index contributed by atoms with van der Waals surface area (Å²) in [5.74, 6) is 0.450. The highest BCUT2D eigenvalue weighted by Gasteiger charge is 2.36. The number of aromatic nitrogens is 1. The highest BCUT2D eigenvalue weighted by Crippen LogP contribution is 2.40. The Morgan fingerprint density at radius 1 is 0.891 bits per heavy atom. The van der Waals surface area contributed by atoms with Crippen molar-refractivity contribution in [1.82, 2.24) is 9.47 Å². The molecule has 1 N–H and O–H groups in total. The Bertz CT molecular complexity index is 1670. The number of amides is 2. The Morgan fingerprint density at radius 2 is 1.63 bits per heavy atom. The number of likely N-dealkylation sites (tertiary alicyclic amines) is 1. The van der Waals surface area contributed by atoms with Crippen LogP contribution in [-0.2, 0) is 16.1 Å². The summed E-state index contributed by atoms with van der Waals surface area (Å²) in [6, 6.07) is 15.9. The van der Waals surface area contributed by atoms with Gasteiger partial charge in [0, 0.05) is 67.6 Å². The fourth-order valence-corrected chi connectivity index (χ4v) is 7.03. The summed E-state index contributed by atoms with van der Waals surface area (Å²) in [5.41, 5.74) is 3.18. The predicted molar refractivity (Wildman–Crippen MR) is 173 cm³/mol. The zero-order chi connectivity index (χ0) is 32.4. The van der Waals surface area contributed by atoms with Crippen LogP contribution >= 0.6 is 0 Å². The quantitative estimate of drug-likeness (QED) is 0.370. The number of rotatable bonds is 8. The summed E-state index contributed by atoms with van der Waals surface area (Å²) in [6.45, 7) is 5.05. The molecule has 242 valence electrons. The minimum Gasteiger partial charge on any atom is -0.497 e. The Morgan fingerprint density at radius 3 is 2.33 bits per heavy atom. The molecule has 0 radical (unpaired) electrons. The van der Waals surface area contributed by atoms with Gasteiger partial charge in [0.1, 0.15) is 11.5 Å². The molecule has 1 aromatic heterocycles. The molecular formula is C35H40N4O7. The highest BCUT2D eigenvalue weighted by molar-refractivity contribution is 6.07. The number of carbonyl (C=O) groups excluding carboxylic acids is 3. The molecule has 2 atom stereocenters. The van der Waals surface area contributed by atoms with Gasteiger partial charge in [0.05, 0.1) is 38.1 Å². The fraction of sp³-hybridized carbons (Fsp3) is 0.429. The maximum absolute atomic E-state index is 13.7. The first-order valence-corrected chi connectivity index (χ1v) is 15.9. The van der Waals surface area contributed by atoms with Gasteiger partial charge in [-0.2, -0.15) is 0 Å². The van der Waals surface area contributed by atoms with Gasteiger partial charge in [0.2, 0.25) is 0 Å². The molecule has 46 heavy (non-hydrogen) atoms. The highest BCUT2D eigenvalue weighted by atomic mass is 16.5. The smallest absolute Gasteiger partial charge is 0.309 e. The molecule has 2 amide bonds. The molecule has 6 rings (SSSR count). The second kappa shape index (κ2) is 13.3. The Balaban J connectivity index is 1.29. The van der Waals surface area contributed by atoms with E-state index in [0.717, 1.165) is 17.8 Å². The summed E-state index contributed by atoms with van der Waals surface area (Å²) < 4.78 is 17.8. The Kier molecular flexibility index (Phi) is 9.01. The minimum absolute atomic E-state index is 0.0245. The van der Waals surface area contributed by atoms with Crippen molar-refractivity contribution >= 4 is 29.2 Å². The van der Waals surface area contributed by atoms with Gasteiger partial charge >= 0.3 is 5.97 Å². The van der Waals surface area contributed by atoms with Crippen LogP contribution < -0.4 is 25.2 Å². The summed E-state index contributed by atoms with van der Waals surface area (Å²) in [6.07, 6.45) is 2.08. The van der Waals surface area contributed by atoms with Crippen LogP contribution in [-0.4, -0.2) is 74.3 Å². The number of anilines is 2. The zero-order valence-electron chi connectivity index (χ0n) is 26.5. The number of hydrogen-bond donors (Lipinski definition) is 1. The number of methoxy groups -OCH3 is 2. The van der Waals surface area contributed by atoms with E-state index in [2.05, 4.69) is 10.2 Å². The molecule has 2 unspecified atom stereocenters. The summed E-state index contributed by atoms with van der Waals surface area (Å²) >= 11 is 0. The van der Waals surface area contributed by atoms with Gasteiger partial charge in [0.25, 0.3) is 17.4 Å². The lowest BCUT2D eigenvalue weighted by molar-refractivity contribution is -0.149. The third-order valence-electron chi connectivity index (χ3n) is 9.33. The van der Waals surface area contributed by atoms with Crippen LogP contribution in [0.4, 0.5) is 11.4 Å². The monoisotopic (exact) mass is 628 g/mol. The van der Waals surface area contributed by atoms with E-state index in [1.807, 2.05) is 28.8 Å². The zero-order valence-corrected chi connectivity index (χ0v) is 26.5. The number of ether oxygens (including phenoxy) is 3. The van der Waals surface area contributed by atoms with Gasteiger partial charge in [-0.3, -0.25) is 19.2 Å². The number of piperidine rings is 2. The van der Waals surface area contributed by atoms with Crippen molar-refractivity contribution < 1.29 is 28.6 Å². The average Bonchev–Trinajstić information content (AvgIpc) is 3.08. The standard InChI is InChI=1S/C35H40N4O7/c1-4-46-35(43)23-10-12-37(13-11-23)34(42)24-8-9-31(29(17-24)36-33(41)25-15-27(44-2)18-28(16-25)45-3)38-19-22-14-26(21-38)30-6-5-7-32(40)39(30)20-22/h5-9,15-18,22-23,26H,4,10-14,19-21H2,1-3H3,(H,36,41). The van der Waals surface area contributed by atoms with Gasteiger partial charge in [-0.25, -0.2) is 0 Å². The largest absolute Gasteiger partial charge is 0.497 e. The van der Waals surface area contributed by atoms with Gasteiger partial charge in [-0.15, -0.1) is 0 Å². The number of hydrogen-bond acceptors (Lipinski definition) is 8. The molecule has 4 heterocycles. The van der Waals surface area contributed by atoms with Gasteiger partial charge in [-0.05, 0) is 68.5 Å². The molecule has 2 bridgehead atoms. The number of nitrogens with zero attached hydrogens (tertiary/aromatic N) is 3. The van der Waals surface area contributed by atoms with Crippen LogP contribution in [0.3, 0.4) is 0 Å². The Hall–Kier alpha value is -4.80. The van der Waals surface area contributed by atoms with Crippen LogP contribution in [0.2, 0.25) is 0 Å². The molecule has 0 spiro atoms. The van der Waals surface area contributed by atoms with Crippen molar-refractivity contribution in [2.75, 3.05) is 57.2 Å². The molecule has 3 aliphatic heterocycles. The van der Waals surface area contributed by atoms with Crippen LogP contribution in [0, 0.1) is 11.8 Å². The van der Waals surface area contributed by atoms with E-state index in [-0.39, 0.29) is 41.1 Å². The van der Waals surface area contributed by atoms with Crippen molar-refractivity contribution in [3.05, 3.63) is 81.8 Å². The molecule has 0 saturated carbocycles. The summed E-state index contributed by atoms with van der Waals surface area (Å²) in [7, 11) is 3.05. The van der Waals surface area contributed by atoms with Crippen molar-refractivity contribution in [3.63, 3.8) is 0 Å². The number of esters is 1. The summed E-state index contributed by atoms with van der Waals surface area (Å²) in [5, 5.41) is 3.08. The average molecular weight is 629 g/mol. The first kappa shape index (κ1) is 31.2. The van der Waals surface area contributed by atoms with E-state index in [0.29, 0.717) is 80.5 Å². The molecule has 0 aliphatic carbocycles. The normalized spacial score (nSPS) is 19.2. The number of carbonyl (C=O) groups is 3. The van der Waals surface area contributed by atoms with Crippen LogP contribution in [0.5, 0.6) is 11.5 Å². The number of benzene rings is 2. The van der Waals surface area contributed by atoms with E-state index in [4.69, 9.17) is 14.2 Å². The molecular weight excluding hydrogens is 588 g/mol. The van der Waals surface area contributed by atoms with Gasteiger partial charge in [0.15, 0.2) is 0 Å². The molecule has 2 saturated heterocycles. The predicted octanol–water partition coefficient (Wildman–Crippen LogP) is 4.16. The lowest BCUT2D eigenvalue weighted by atomic mass is 9.83. The SMILES string of the molecule is CCOC(=O)C1CCN(C(=O)c2ccc(N3CC4CC(C3)c3cccc(=O)n3C4)c(NC(=O)c3cc(OC)cc(OC)c3)c2)CC1. The topological polar surface area (TPSA) is 119 Å². The van der Waals surface area contributed by atoms with Crippen LogP contribution in [0.1, 0.15) is 58.5 Å². The van der Waals surface area contributed by atoms with Gasteiger partial charge in [-0.1, -0.05) is 6.07 Å². The fourth-order valence-electron chi connectivity index (χ4n) is 7.03. The van der Waals surface area contributed by atoms with Gasteiger partial charge < -0.3 is 33.9 Å². The molecule has 2 aromatic carbocycles. The van der Waals surface area contributed by atoms with Crippen molar-refractivity contribution in [1.29, 1.82) is 0 Å². The number of fused-ring (bicyclic) bond motifs is 4. The van der Waals surface area contributed by atoms with Crippen LogP contribution in [0.25, 0.3) is 0 Å². The second-order valence-corrected chi connectivity index (χ2v) is 12.2. The van der Waals surface area contributed by atoms with Crippen molar-refractivity contribution in [2.24, 2.45) is 11.8 Å². The second-order valence-electron chi connectivity index (χ2n) is 12.2. The van der Waals surface area contributed by atoms with E-state index in [9.17, 15) is 19.2 Å². The molecule has 3 aromatic rings. The van der Waals surface area contributed by atoms with Crippen molar-refractivity contribution in [3.8, 4) is 11.5 Å². The van der Waals surface area contributed by atoms with E-state index in [1.54, 1.807) is 42.2 Å². The number of pyridine rings is 1. The molecule has 3 aliphatic rings. The maximum Gasteiger partial charge on any atom is 0.309 e. The lowest BCUT2D eigenvalue weighted by Crippen LogP contribution is -2.47. The Labute approximate surface area is 268 Å². The lowest BCUT2D eigenvalue weighted by Gasteiger charge is -2.44. The van der Waals surface area contributed by atoms with Crippen molar-refractivity contribution in [2.45, 2.75) is 38.6 Å². The van der Waals surface area contributed by atoms with Crippen LogP contribution in [0.15, 0.2) is 59.4 Å². The van der Waals surface area contributed by atoms with E-state index in [1.165, 1.54) is 14.2 Å². The maximum atomic E-state index is 13.7. The first-order valence-electron chi connectivity index (χ1n) is 15.9. The third-order valence-corrected chi connectivity index (χ3v) is 9.33. The minimum atomic E-state index is -0.368. The van der Waals surface area contributed by atoms with E-state index >= 15 is 0 Å². The molecule has 11 heteroatoms. The van der Waals surface area contributed by atoms with E-state index < -0.39 is 0 Å². The first-order chi connectivity index (χ1) is 22.3.